The summed E-state index contributed by atoms with van der Waals surface area (Å²) >= 11 is 0. The number of anilines is 1. The molecule has 0 bridgehead atoms. The fourth-order valence-corrected chi connectivity index (χ4v) is 4.23. The molecule has 0 atom stereocenters. The predicted octanol–water partition coefficient (Wildman–Crippen LogP) is 4.70. The van der Waals surface area contributed by atoms with E-state index in [0.29, 0.717) is 28.6 Å². The molecule has 0 amide bonds. The van der Waals surface area contributed by atoms with Crippen LogP contribution in [0.2, 0.25) is 0 Å². The zero-order chi connectivity index (χ0) is 22.7. The molecule has 32 heavy (non-hydrogen) atoms. The van der Waals surface area contributed by atoms with Crippen LogP contribution in [0.15, 0.2) is 47.4 Å². The Balaban J connectivity index is 1.87. The van der Waals surface area contributed by atoms with E-state index in [9.17, 15) is 4.79 Å². The fourth-order valence-electron chi connectivity index (χ4n) is 4.23. The number of piperidine rings is 1. The molecule has 0 saturated carbocycles. The third-order valence-electron chi connectivity index (χ3n) is 6.26. The molecule has 1 fully saturated rings. The molecule has 0 unspecified atom stereocenters. The Labute approximate surface area is 188 Å². The van der Waals surface area contributed by atoms with Crippen molar-refractivity contribution in [2.75, 3.05) is 25.1 Å². The number of hydrogen-bond acceptors (Lipinski definition) is 5. The first-order valence-electron chi connectivity index (χ1n) is 10.9. The van der Waals surface area contributed by atoms with Crippen LogP contribution in [0.25, 0.3) is 27.2 Å². The third-order valence-corrected chi connectivity index (χ3v) is 6.26. The van der Waals surface area contributed by atoms with Crippen molar-refractivity contribution in [3.8, 4) is 28.1 Å². The molecule has 2 aromatic heterocycles. The predicted molar refractivity (Wildman–Crippen MR) is 126 cm³/mol. The molecule has 0 aliphatic carbocycles. The van der Waals surface area contributed by atoms with Gasteiger partial charge in [-0.1, -0.05) is 38.1 Å². The van der Waals surface area contributed by atoms with Crippen molar-refractivity contribution in [2.45, 2.75) is 26.2 Å². The SMILES string of the molecule is [C-]#[N+]c1ccc(-c2nc(N3CCC(CC)CC3)n(C)c(=O)c2-c2ccc(OC)cc2)cn1. The van der Waals surface area contributed by atoms with Gasteiger partial charge in [-0.3, -0.25) is 9.36 Å². The first kappa shape index (κ1) is 21.6. The van der Waals surface area contributed by atoms with Crippen molar-refractivity contribution in [1.82, 2.24) is 14.5 Å². The van der Waals surface area contributed by atoms with E-state index in [4.69, 9.17) is 16.3 Å². The smallest absolute Gasteiger partial charge is 0.269 e. The fraction of sp³-hybridized carbons (Fsp3) is 0.360. The molecule has 1 aromatic carbocycles. The van der Waals surface area contributed by atoms with Gasteiger partial charge in [-0.15, -0.1) is 4.98 Å². The normalized spacial score (nSPS) is 14.2. The van der Waals surface area contributed by atoms with E-state index >= 15 is 0 Å². The van der Waals surface area contributed by atoms with Gasteiger partial charge in [0.15, 0.2) is 0 Å². The van der Waals surface area contributed by atoms with Crippen LogP contribution >= 0.6 is 0 Å². The Bertz CT molecular complexity index is 1190. The van der Waals surface area contributed by atoms with Crippen molar-refractivity contribution in [3.05, 3.63) is 64.4 Å². The van der Waals surface area contributed by atoms with Crippen LogP contribution in [-0.4, -0.2) is 34.7 Å². The Kier molecular flexibility index (Phi) is 6.22. The molecule has 1 saturated heterocycles. The van der Waals surface area contributed by atoms with Crippen LogP contribution in [-0.2, 0) is 7.05 Å². The highest BCUT2D eigenvalue weighted by molar-refractivity contribution is 5.81. The molecule has 0 radical (unpaired) electrons. The summed E-state index contributed by atoms with van der Waals surface area (Å²) in [5, 5.41) is 0. The van der Waals surface area contributed by atoms with Crippen LogP contribution in [0, 0.1) is 12.5 Å². The Morgan fingerprint density at radius 1 is 1.12 bits per heavy atom. The van der Waals surface area contributed by atoms with E-state index in [-0.39, 0.29) is 5.56 Å². The topological polar surface area (TPSA) is 64.6 Å². The number of pyridine rings is 1. The van der Waals surface area contributed by atoms with Gasteiger partial charge in [-0.25, -0.2) is 4.98 Å². The van der Waals surface area contributed by atoms with E-state index in [1.54, 1.807) is 31.0 Å². The average molecular weight is 430 g/mol. The minimum Gasteiger partial charge on any atom is -0.497 e. The van der Waals surface area contributed by atoms with E-state index in [1.807, 2.05) is 30.3 Å². The van der Waals surface area contributed by atoms with E-state index < -0.39 is 0 Å². The molecular weight excluding hydrogens is 402 g/mol. The van der Waals surface area contributed by atoms with Gasteiger partial charge in [0.25, 0.3) is 11.4 Å². The molecule has 0 spiro atoms. The number of aromatic nitrogens is 3. The van der Waals surface area contributed by atoms with Gasteiger partial charge < -0.3 is 14.5 Å². The molecule has 3 heterocycles. The number of rotatable bonds is 5. The molecule has 7 nitrogen and oxygen atoms in total. The van der Waals surface area contributed by atoms with Gasteiger partial charge in [0.1, 0.15) is 11.9 Å². The van der Waals surface area contributed by atoms with E-state index in [1.165, 1.54) is 6.42 Å². The van der Waals surface area contributed by atoms with Gasteiger partial charge in [-0.05, 0) is 42.5 Å². The summed E-state index contributed by atoms with van der Waals surface area (Å²) in [6.07, 6.45) is 5.00. The minimum absolute atomic E-state index is 0.109. The first-order chi connectivity index (χ1) is 15.5. The second kappa shape index (κ2) is 9.23. The second-order valence-electron chi connectivity index (χ2n) is 8.08. The maximum absolute atomic E-state index is 13.6. The molecule has 164 valence electrons. The Morgan fingerprint density at radius 3 is 2.38 bits per heavy atom. The van der Waals surface area contributed by atoms with Crippen LogP contribution in [0.4, 0.5) is 11.8 Å². The molecule has 7 heteroatoms. The van der Waals surface area contributed by atoms with Crippen LogP contribution in [0.5, 0.6) is 5.75 Å². The minimum atomic E-state index is -0.109. The summed E-state index contributed by atoms with van der Waals surface area (Å²) < 4.78 is 6.92. The third kappa shape index (κ3) is 4.09. The number of nitrogens with zero attached hydrogens (tertiary/aromatic N) is 5. The summed E-state index contributed by atoms with van der Waals surface area (Å²) in [5.74, 6) is 2.43. The van der Waals surface area contributed by atoms with Gasteiger partial charge in [0.2, 0.25) is 5.95 Å². The van der Waals surface area contributed by atoms with Gasteiger partial charge in [0, 0.05) is 25.7 Å². The van der Waals surface area contributed by atoms with Crippen molar-refractivity contribution >= 4 is 11.8 Å². The lowest BCUT2D eigenvalue weighted by Gasteiger charge is -2.33. The summed E-state index contributed by atoms with van der Waals surface area (Å²) in [6, 6.07) is 10.9. The lowest BCUT2D eigenvalue weighted by atomic mass is 9.94. The molecule has 1 aliphatic heterocycles. The zero-order valence-electron chi connectivity index (χ0n) is 18.7. The molecule has 1 aliphatic rings. The van der Waals surface area contributed by atoms with Crippen molar-refractivity contribution in [2.24, 2.45) is 13.0 Å². The standard InChI is InChI=1S/C25H27N5O2/c1-5-17-12-14-30(15-13-17)25-28-23(19-8-11-21(26-2)27-16-19)22(24(31)29(25)3)18-6-9-20(32-4)10-7-18/h6-11,16-17H,5,12-15H2,1,3-4H3. The van der Waals surface area contributed by atoms with Gasteiger partial charge in [0.05, 0.1) is 18.4 Å². The second-order valence-corrected chi connectivity index (χ2v) is 8.08. The zero-order valence-corrected chi connectivity index (χ0v) is 18.7. The highest BCUT2D eigenvalue weighted by atomic mass is 16.5. The summed E-state index contributed by atoms with van der Waals surface area (Å²) in [7, 11) is 3.40. The highest BCUT2D eigenvalue weighted by Gasteiger charge is 2.25. The van der Waals surface area contributed by atoms with Crippen LogP contribution < -0.4 is 15.2 Å². The first-order valence-corrected chi connectivity index (χ1v) is 10.9. The molecular formula is C25H27N5O2. The van der Waals surface area contributed by atoms with Crippen LogP contribution in [0.1, 0.15) is 26.2 Å². The van der Waals surface area contributed by atoms with E-state index in [0.717, 1.165) is 43.2 Å². The summed E-state index contributed by atoms with van der Waals surface area (Å²) in [6.45, 7) is 11.2. The summed E-state index contributed by atoms with van der Waals surface area (Å²) in [4.78, 5) is 28.4. The maximum atomic E-state index is 13.6. The van der Waals surface area contributed by atoms with E-state index in [2.05, 4.69) is 21.7 Å². The van der Waals surface area contributed by atoms with Gasteiger partial charge >= 0.3 is 0 Å². The van der Waals surface area contributed by atoms with Crippen molar-refractivity contribution < 1.29 is 4.74 Å². The monoisotopic (exact) mass is 429 g/mol. The lowest BCUT2D eigenvalue weighted by Crippen LogP contribution is -2.38. The highest BCUT2D eigenvalue weighted by Crippen LogP contribution is 2.32. The summed E-state index contributed by atoms with van der Waals surface area (Å²) in [5.41, 5.74) is 2.46. The Morgan fingerprint density at radius 2 is 1.81 bits per heavy atom. The molecule has 4 rings (SSSR count). The number of methoxy groups -OCH3 is 1. The average Bonchev–Trinajstić information content (AvgIpc) is 2.86. The number of ether oxygens (including phenoxy) is 1. The van der Waals surface area contributed by atoms with Crippen LogP contribution in [0.3, 0.4) is 0 Å². The number of hydrogen-bond donors (Lipinski definition) is 0. The molecule has 0 N–H and O–H groups in total. The Hall–Kier alpha value is -3.66. The maximum Gasteiger partial charge on any atom is 0.269 e. The lowest BCUT2D eigenvalue weighted by molar-refractivity contribution is 0.390. The largest absolute Gasteiger partial charge is 0.497 e. The number of benzene rings is 1. The molecule has 3 aromatic rings. The quantitative estimate of drug-likeness (QED) is 0.550. The van der Waals surface area contributed by atoms with Gasteiger partial charge in [-0.2, -0.15) is 0 Å². The van der Waals surface area contributed by atoms with Crippen molar-refractivity contribution in [1.29, 1.82) is 0 Å². The van der Waals surface area contributed by atoms with Crippen molar-refractivity contribution in [3.63, 3.8) is 0 Å².